The van der Waals surface area contributed by atoms with Crippen LogP contribution in [0.5, 0.6) is 0 Å². The number of rotatable bonds is 2. The van der Waals surface area contributed by atoms with Crippen LogP contribution in [0.15, 0.2) is 18.3 Å². The predicted molar refractivity (Wildman–Crippen MR) is 65.3 cm³/mol. The van der Waals surface area contributed by atoms with Crippen LogP contribution >= 0.6 is 0 Å². The fourth-order valence-corrected chi connectivity index (χ4v) is 1.98. The summed E-state index contributed by atoms with van der Waals surface area (Å²) in [5.41, 5.74) is 0.485. The van der Waals surface area contributed by atoms with Crippen LogP contribution in [0.4, 0.5) is 5.82 Å². The summed E-state index contributed by atoms with van der Waals surface area (Å²) in [6.45, 7) is 5.01. The van der Waals surface area contributed by atoms with Crippen molar-refractivity contribution in [2.24, 2.45) is 0 Å². The summed E-state index contributed by atoms with van der Waals surface area (Å²) < 4.78 is 4.64. The number of esters is 1. The molecule has 0 unspecified atom stereocenters. The van der Waals surface area contributed by atoms with Crippen LogP contribution in [0.3, 0.4) is 0 Å². The zero-order chi connectivity index (χ0) is 12.3. The highest BCUT2D eigenvalue weighted by Gasteiger charge is 2.19. The second-order valence-electron chi connectivity index (χ2n) is 4.14. The lowest BCUT2D eigenvalue weighted by Gasteiger charge is -2.34. The van der Waals surface area contributed by atoms with Gasteiger partial charge in [0.1, 0.15) is 5.82 Å². The Labute approximate surface area is 101 Å². The number of hydrogen-bond acceptors (Lipinski definition) is 5. The Hall–Kier alpha value is -1.62. The minimum Gasteiger partial charge on any atom is -0.465 e. The standard InChI is InChI=1S/C12H17N3O2/c1-9-7-13-5-6-15(9)11-4-3-10(8-14-11)12(16)17-2/h3-4,8-9,13H,5-7H2,1-2H3/t9-/m0/s1. The van der Waals surface area contributed by atoms with E-state index < -0.39 is 0 Å². The minimum atomic E-state index is -0.350. The molecule has 17 heavy (non-hydrogen) atoms. The largest absolute Gasteiger partial charge is 0.465 e. The molecule has 0 amide bonds. The molecule has 0 aromatic carbocycles. The molecular weight excluding hydrogens is 218 g/mol. The zero-order valence-corrected chi connectivity index (χ0v) is 10.1. The number of pyridine rings is 1. The second-order valence-corrected chi connectivity index (χ2v) is 4.14. The molecule has 1 fully saturated rings. The Morgan fingerprint density at radius 1 is 1.59 bits per heavy atom. The molecule has 0 spiro atoms. The van der Waals surface area contributed by atoms with E-state index in [1.54, 1.807) is 12.3 Å². The quantitative estimate of drug-likeness (QED) is 0.763. The van der Waals surface area contributed by atoms with E-state index in [4.69, 9.17) is 0 Å². The van der Waals surface area contributed by atoms with Crippen molar-refractivity contribution in [1.82, 2.24) is 10.3 Å². The topological polar surface area (TPSA) is 54.5 Å². The van der Waals surface area contributed by atoms with Crippen LogP contribution < -0.4 is 10.2 Å². The summed E-state index contributed by atoms with van der Waals surface area (Å²) in [7, 11) is 1.37. The van der Waals surface area contributed by atoms with E-state index in [1.807, 2.05) is 6.07 Å². The van der Waals surface area contributed by atoms with Crippen molar-refractivity contribution >= 4 is 11.8 Å². The van der Waals surface area contributed by atoms with E-state index in [0.29, 0.717) is 11.6 Å². The van der Waals surface area contributed by atoms with Gasteiger partial charge in [0, 0.05) is 31.9 Å². The molecule has 0 bridgehead atoms. The zero-order valence-electron chi connectivity index (χ0n) is 10.1. The van der Waals surface area contributed by atoms with Crippen LogP contribution in [0, 0.1) is 0 Å². The average molecular weight is 235 g/mol. The minimum absolute atomic E-state index is 0.350. The highest BCUT2D eigenvalue weighted by molar-refractivity contribution is 5.89. The van der Waals surface area contributed by atoms with Gasteiger partial charge in [-0.3, -0.25) is 0 Å². The highest BCUT2D eigenvalue weighted by atomic mass is 16.5. The summed E-state index contributed by atoms with van der Waals surface area (Å²) in [4.78, 5) is 17.8. The molecular formula is C12H17N3O2. The first-order valence-electron chi connectivity index (χ1n) is 5.74. The Balaban J connectivity index is 2.14. The van der Waals surface area contributed by atoms with E-state index >= 15 is 0 Å². The molecule has 1 atom stereocenters. The van der Waals surface area contributed by atoms with Crippen molar-refractivity contribution in [1.29, 1.82) is 0 Å². The summed E-state index contributed by atoms with van der Waals surface area (Å²) in [5, 5.41) is 3.33. The van der Waals surface area contributed by atoms with Crippen LogP contribution in [0.2, 0.25) is 0 Å². The normalized spacial score (nSPS) is 20.1. The number of anilines is 1. The first kappa shape index (κ1) is 11.9. The van der Waals surface area contributed by atoms with Crippen LogP contribution in [0.1, 0.15) is 17.3 Å². The number of ether oxygens (including phenoxy) is 1. The molecule has 1 aliphatic heterocycles. The molecule has 1 aliphatic rings. The van der Waals surface area contributed by atoms with E-state index in [9.17, 15) is 4.79 Å². The summed E-state index contributed by atoms with van der Waals surface area (Å²) in [6, 6.07) is 4.04. The van der Waals surface area contributed by atoms with E-state index in [1.165, 1.54) is 7.11 Å². The molecule has 1 saturated heterocycles. The maximum absolute atomic E-state index is 11.3. The Bertz CT molecular complexity index is 391. The molecule has 5 heteroatoms. The van der Waals surface area contributed by atoms with Crippen molar-refractivity contribution in [3.8, 4) is 0 Å². The predicted octanol–water partition coefficient (Wildman–Crippen LogP) is 0.666. The Morgan fingerprint density at radius 3 is 3.00 bits per heavy atom. The van der Waals surface area contributed by atoms with Crippen molar-refractivity contribution in [3.63, 3.8) is 0 Å². The van der Waals surface area contributed by atoms with Crippen molar-refractivity contribution in [2.45, 2.75) is 13.0 Å². The summed E-state index contributed by atoms with van der Waals surface area (Å²) >= 11 is 0. The van der Waals surface area contributed by atoms with Crippen molar-refractivity contribution < 1.29 is 9.53 Å². The third-order valence-electron chi connectivity index (χ3n) is 2.96. The number of nitrogens with zero attached hydrogens (tertiary/aromatic N) is 2. The molecule has 1 aromatic heterocycles. The van der Waals surface area contributed by atoms with Gasteiger partial charge in [0.15, 0.2) is 0 Å². The van der Waals surface area contributed by atoms with Gasteiger partial charge in [-0.2, -0.15) is 0 Å². The van der Waals surface area contributed by atoms with Gasteiger partial charge in [0.2, 0.25) is 0 Å². The molecule has 92 valence electrons. The molecule has 0 radical (unpaired) electrons. The van der Waals surface area contributed by atoms with Gasteiger partial charge < -0.3 is 15.0 Å². The lowest BCUT2D eigenvalue weighted by Crippen LogP contribution is -2.50. The van der Waals surface area contributed by atoms with E-state index in [-0.39, 0.29) is 5.97 Å². The van der Waals surface area contributed by atoms with Gasteiger partial charge in [-0.1, -0.05) is 0 Å². The van der Waals surface area contributed by atoms with Gasteiger partial charge in [-0.15, -0.1) is 0 Å². The molecule has 1 N–H and O–H groups in total. The molecule has 0 saturated carbocycles. The van der Waals surface area contributed by atoms with Crippen LogP contribution in [-0.2, 0) is 4.74 Å². The van der Waals surface area contributed by atoms with Gasteiger partial charge in [-0.25, -0.2) is 9.78 Å². The van der Waals surface area contributed by atoms with Gasteiger partial charge in [0.05, 0.1) is 12.7 Å². The molecule has 0 aliphatic carbocycles. The number of aromatic nitrogens is 1. The monoisotopic (exact) mass is 235 g/mol. The number of carbonyl (C=O) groups excluding carboxylic acids is 1. The number of piperazine rings is 1. The first-order valence-corrected chi connectivity index (χ1v) is 5.74. The fraction of sp³-hybridized carbons (Fsp3) is 0.500. The Kier molecular flexibility index (Phi) is 3.58. The number of hydrogen-bond donors (Lipinski definition) is 1. The molecule has 5 nitrogen and oxygen atoms in total. The molecule has 1 aromatic rings. The highest BCUT2D eigenvalue weighted by Crippen LogP contribution is 2.15. The van der Waals surface area contributed by atoms with Crippen LogP contribution in [0.25, 0.3) is 0 Å². The summed E-state index contributed by atoms with van der Waals surface area (Å²) in [6.07, 6.45) is 1.57. The third-order valence-corrected chi connectivity index (χ3v) is 2.96. The fourth-order valence-electron chi connectivity index (χ4n) is 1.98. The SMILES string of the molecule is COC(=O)c1ccc(N2CCNC[C@@H]2C)nc1. The molecule has 2 heterocycles. The number of nitrogens with one attached hydrogen (secondary N) is 1. The first-order chi connectivity index (χ1) is 8.22. The third kappa shape index (κ3) is 2.55. The van der Waals surface area contributed by atoms with E-state index in [0.717, 1.165) is 25.5 Å². The van der Waals surface area contributed by atoms with E-state index in [2.05, 4.69) is 26.9 Å². The smallest absolute Gasteiger partial charge is 0.339 e. The van der Waals surface area contributed by atoms with Gasteiger partial charge in [0.25, 0.3) is 0 Å². The van der Waals surface area contributed by atoms with Crippen LogP contribution in [-0.4, -0.2) is 43.7 Å². The van der Waals surface area contributed by atoms with Gasteiger partial charge in [-0.05, 0) is 19.1 Å². The molecule has 2 rings (SSSR count). The maximum Gasteiger partial charge on any atom is 0.339 e. The number of methoxy groups -OCH3 is 1. The summed E-state index contributed by atoms with van der Waals surface area (Å²) in [5.74, 6) is 0.559. The second kappa shape index (κ2) is 5.14. The number of carbonyl (C=O) groups is 1. The lowest BCUT2D eigenvalue weighted by molar-refractivity contribution is 0.0600. The maximum atomic E-state index is 11.3. The Morgan fingerprint density at radius 2 is 2.41 bits per heavy atom. The lowest BCUT2D eigenvalue weighted by atomic mass is 10.2. The van der Waals surface area contributed by atoms with Gasteiger partial charge >= 0.3 is 5.97 Å². The average Bonchev–Trinajstić information content (AvgIpc) is 2.39. The van der Waals surface area contributed by atoms with Crippen molar-refractivity contribution in [3.05, 3.63) is 23.9 Å². The van der Waals surface area contributed by atoms with Crippen molar-refractivity contribution in [2.75, 3.05) is 31.6 Å².